The highest BCUT2D eigenvalue weighted by atomic mass is 19.1. The van der Waals surface area contributed by atoms with Gasteiger partial charge in [-0.1, -0.05) is 48.5 Å². The van der Waals surface area contributed by atoms with Crippen molar-refractivity contribution in [3.05, 3.63) is 102 Å². The average molecular weight is 661 g/mol. The maximum Gasteiger partial charge on any atom is 0.319 e. The number of hydrogen-bond donors (Lipinski definition) is 0. The number of hydrogen-bond acceptors (Lipinski definition) is 8. The number of pyridine rings is 2. The molecule has 2 aliphatic rings. The molecule has 2 saturated heterocycles. The zero-order valence-electron chi connectivity index (χ0n) is 27.0. The first kappa shape index (κ1) is 32.0. The Morgan fingerprint density at radius 3 is 2.65 bits per heavy atom. The summed E-state index contributed by atoms with van der Waals surface area (Å²) in [4.78, 5) is 40.3. The number of piperazine rings is 1. The van der Waals surface area contributed by atoms with Crippen molar-refractivity contribution >= 4 is 39.5 Å². The van der Waals surface area contributed by atoms with Crippen molar-refractivity contribution in [2.75, 3.05) is 51.3 Å². The molecule has 248 valence electrons. The van der Waals surface area contributed by atoms with E-state index in [0.717, 1.165) is 36.2 Å². The Balaban J connectivity index is 1.25. The van der Waals surface area contributed by atoms with Gasteiger partial charge in [0.1, 0.15) is 29.7 Å². The number of carbonyl (C=O) groups is 1. The Hall–Kier alpha value is -5.54. The first-order valence-corrected chi connectivity index (χ1v) is 16.3. The highest BCUT2D eigenvalue weighted by molar-refractivity contribution is 5.99. The van der Waals surface area contributed by atoms with E-state index in [1.54, 1.807) is 24.4 Å². The number of amides is 1. The van der Waals surface area contributed by atoms with Gasteiger partial charge in [-0.05, 0) is 49.3 Å². The van der Waals surface area contributed by atoms with Crippen LogP contribution in [0.15, 0.2) is 78.9 Å². The second-order valence-electron chi connectivity index (χ2n) is 12.3. The van der Waals surface area contributed by atoms with Crippen LogP contribution in [0.25, 0.3) is 43.9 Å². The summed E-state index contributed by atoms with van der Waals surface area (Å²) in [5, 5.41) is 2.19. The summed E-state index contributed by atoms with van der Waals surface area (Å²) in [6, 6.07) is 18.0. The molecule has 0 bridgehead atoms. The van der Waals surface area contributed by atoms with Crippen molar-refractivity contribution in [1.82, 2.24) is 29.7 Å². The highest BCUT2D eigenvalue weighted by Gasteiger charge is 2.36. The SMILES string of the molecule is [C-]#[N+]C[C@H]1CN(c2nc(OC[C@@H]3CCCN3C)nc3c(F)c(-c4cccc5ccccc45)ncc23)CCN1C(=O)/C(F)=C/c1ccccn1. The van der Waals surface area contributed by atoms with Crippen LogP contribution in [0, 0.1) is 12.4 Å². The zero-order valence-corrected chi connectivity index (χ0v) is 27.0. The van der Waals surface area contributed by atoms with Gasteiger partial charge in [-0.25, -0.2) is 15.4 Å². The monoisotopic (exact) mass is 660 g/mol. The van der Waals surface area contributed by atoms with Crippen molar-refractivity contribution in [1.29, 1.82) is 0 Å². The maximum atomic E-state index is 16.7. The van der Waals surface area contributed by atoms with Gasteiger partial charge in [-0.2, -0.15) is 9.97 Å². The fourth-order valence-corrected chi connectivity index (χ4v) is 6.67. The van der Waals surface area contributed by atoms with Crippen molar-refractivity contribution in [2.45, 2.75) is 24.9 Å². The molecule has 2 aromatic carbocycles. The predicted octanol–water partition coefficient (Wildman–Crippen LogP) is 5.80. The second-order valence-corrected chi connectivity index (χ2v) is 12.3. The largest absolute Gasteiger partial charge is 0.462 e. The lowest BCUT2D eigenvalue weighted by Gasteiger charge is -2.39. The summed E-state index contributed by atoms with van der Waals surface area (Å²) in [6.07, 6.45) is 6.21. The van der Waals surface area contributed by atoms with Gasteiger partial charge in [0.25, 0.3) is 5.91 Å². The molecule has 0 aliphatic carbocycles. The van der Waals surface area contributed by atoms with Crippen LogP contribution in [-0.4, -0.2) is 94.1 Å². The molecule has 0 unspecified atom stereocenters. The van der Waals surface area contributed by atoms with E-state index in [0.29, 0.717) is 29.1 Å². The molecule has 0 spiro atoms. The van der Waals surface area contributed by atoms with Crippen LogP contribution in [0.2, 0.25) is 0 Å². The minimum atomic E-state index is -0.964. The van der Waals surface area contributed by atoms with Gasteiger partial charge in [-0.15, -0.1) is 0 Å². The molecular formula is C37H34F2N8O2. The van der Waals surface area contributed by atoms with E-state index >= 15 is 8.78 Å². The minimum absolute atomic E-state index is 0.0290. The summed E-state index contributed by atoms with van der Waals surface area (Å²) in [7, 11) is 2.04. The summed E-state index contributed by atoms with van der Waals surface area (Å²) >= 11 is 0. The molecule has 7 rings (SSSR count). The topological polar surface area (TPSA) is 91.9 Å². The summed E-state index contributed by atoms with van der Waals surface area (Å²) in [6.45, 7) is 9.35. The van der Waals surface area contributed by atoms with Crippen molar-refractivity contribution < 1.29 is 18.3 Å². The van der Waals surface area contributed by atoms with Gasteiger partial charge in [0, 0.05) is 49.7 Å². The molecule has 2 aliphatic heterocycles. The van der Waals surface area contributed by atoms with Crippen LogP contribution < -0.4 is 9.64 Å². The lowest BCUT2D eigenvalue weighted by molar-refractivity contribution is -0.130. The van der Waals surface area contributed by atoms with Crippen molar-refractivity contribution in [3.63, 3.8) is 0 Å². The second kappa shape index (κ2) is 13.9. The van der Waals surface area contributed by atoms with Crippen LogP contribution in [0.3, 0.4) is 0 Å². The third-order valence-corrected chi connectivity index (χ3v) is 9.28. The number of anilines is 1. The van der Waals surface area contributed by atoms with E-state index in [2.05, 4.69) is 24.7 Å². The number of carbonyl (C=O) groups excluding carboxylic acids is 1. The number of halogens is 2. The maximum absolute atomic E-state index is 16.7. The molecule has 10 nitrogen and oxygen atoms in total. The molecular weight excluding hydrogens is 626 g/mol. The Bertz CT molecular complexity index is 2080. The van der Waals surface area contributed by atoms with Gasteiger partial charge in [0.05, 0.1) is 11.1 Å². The Morgan fingerprint density at radius 1 is 1.02 bits per heavy atom. The number of aromatic nitrogens is 4. The third kappa shape index (κ3) is 6.49. The lowest BCUT2D eigenvalue weighted by atomic mass is 10.0. The molecule has 12 heteroatoms. The number of nitrogens with zero attached hydrogens (tertiary/aromatic N) is 8. The fraction of sp³-hybridized carbons (Fsp3) is 0.297. The molecule has 0 radical (unpaired) electrons. The highest BCUT2D eigenvalue weighted by Crippen LogP contribution is 2.35. The number of likely N-dealkylation sites (tertiary alicyclic amines) is 1. The van der Waals surface area contributed by atoms with E-state index < -0.39 is 23.6 Å². The normalized spacial score (nSPS) is 18.6. The van der Waals surface area contributed by atoms with Crippen LogP contribution in [0.1, 0.15) is 18.5 Å². The van der Waals surface area contributed by atoms with Crippen LogP contribution >= 0.6 is 0 Å². The van der Waals surface area contributed by atoms with Crippen molar-refractivity contribution in [2.24, 2.45) is 0 Å². The van der Waals surface area contributed by atoms with Gasteiger partial charge in [0.15, 0.2) is 11.6 Å². The van der Waals surface area contributed by atoms with Crippen LogP contribution in [0.4, 0.5) is 14.6 Å². The minimum Gasteiger partial charge on any atom is -0.462 e. The molecule has 0 saturated carbocycles. The number of benzene rings is 2. The van der Waals surface area contributed by atoms with Crippen LogP contribution in [0.5, 0.6) is 6.01 Å². The van der Waals surface area contributed by atoms with E-state index in [-0.39, 0.29) is 49.4 Å². The van der Waals surface area contributed by atoms with E-state index in [9.17, 15) is 4.79 Å². The Labute approximate surface area is 282 Å². The molecule has 0 N–H and O–H groups in total. The number of rotatable bonds is 8. The molecule has 2 fully saturated rings. The summed E-state index contributed by atoms with van der Waals surface area (Å²) < 4.78 is 38.0. The molecule has 1 amide bonds. The van der Waals surface area contributed by atoms with E-state index in [1.807, 2.05) is 54.4 Å². The molecule has 5 heterocycles. The first-order valence-electron chi connectivity index (χ1n) is 16.3. The van der Waals surface area contributed by atoms with E-state index in [4.69, 9.17) is 16.3 Å². The Morgan fingerprint density at radius 2 is 1.86 bits per heavy atom. The van der Waals surface area contributed by atoms with Gasteiger partial charge >= 0.3 is 6.01 Å². The fourth-order valence-electron chi connectivity index (χ4n) is 6.67. The lowest BCUT2D eigenvalue weighted by Crippen LogP contribution is -2.56. The number of ether oxygens (including phenoxy) is 1. The van der Waals surface area contributed by atoms with Crippen LogP contribution in [-0.2, 0) is 4.79 Å². The quantitative estimate of drug-likeness (QED) is 0.152. The smallest absolute Gasteiger partial charge is 0.319 e. The summed E-state index contributed by atoms with van der Waals surface area (Å²) in [5.41, 5.74) is 1.17. The Kier molecular flexibility index (Phi) is 9.09. The summed E-state index contributed by atoms with van der Waals surface area (Å²) in [5.74, 6) is -2.01. The average Bonchev–Trinajstić information content (AvgIpc) is 3.55. The van der Waals surface area contributed by atoms with Gasteiger partial charge in [0.2, 0.25) is 6.54 Å². The standard InChI is InChI=1S/C37H34F2N8O2/c1-40-20-27-22-46(17-18-47(27)36(48)31(38)19-25-11-5-6-15-41-25)35-30-21-42-33(29-14-7-10-24-9-3-4-13-28(24)29)32(39)34(30)43-37(44-35)49-23-26-12-8-16-45(26)2/h3-7,9-11,13-15,19,21,26-27H,8,12,16-18,20,22-23H2,2H3/b31-19-/t26-,27-/m0/s1. The predicted molar refractivity (Wildman–Crippen MR) is 184 cm³/mol. The molecule has 49 heavy (non-hydrogen) atoms. The van der Waals surface area contributed by atoms with Gasteiger partial charge in [-0.3, -0.25) is 14.8 Å². The molecule has 5 aromatic rings. The third-order valence-electron chi connectivity index (χ3n) is 9.28. The number of likely N-dealkylation sites (N-methyl/N-ethyl adjacent to an activating group) is 1. The molecule has 3 aromatic heterocycles. The molecule has 2 atom stereocenters. The zero-order chi connectivity index (χ0) is 33.9. The van der Waals surface area contributed by atoms with E-state index in [1.165, 1.54) is 11.1 Å². The number of fused-ring (bicyclic) bond motifs is 2. The van der Waals surface area contributed by atoms with Gasteiger partial charge < -0.3 is 24.3 Å². The van der Waals surface area contributed by atoms with Crippen molar-refractivity contribution in [3.8, 4) is 17.3 Å². The first-order chi connectivity index (χ1) is 23.9.